The molecule has 2 aromatic heterocycles. The number of anilines is 2. The minimum atomic E-state index is -4.79. The van der Waals surface area contributed by atoms with Crippen molar-refractivity contribution in [3.8, 4) is 23.1 Å². The highest BCUT2D eigenvalue weighted by Crippen LogP contribution is 2.38. The third-order valence-corrected chi connectivity index (χ3v) is 5.42. The Labute approximate surface area is 174 Å². The van der Waals surface area contributed by atoms with Gasteiger partial charge in [0, 0.05) is 31.5 Å². The molecule has 2 aliphatic heterocycles. The molecule has 0 radical (unpaired) electrons. The van der Waals surface area contributed by atoms with Crippen molar-refractivity contribution < 1.29 is 22.7 Å². The molecular weight excluding hydrogens is 413 g/mol. The maximum Gasteiger partial charge on any atom is 0.573 e. The first-order valence-electron chi connectivity index (χ1n) is 9.63. The summed E-state index contributed by atoms with van der Waals surface area (Å²) in [6.07, 6.45) is 1.61. The molecule has 0 saturated carbocycles. The van der Waals surface area contributed by atoms with Gasteiger partial charge in [-0.2, -0.15) is 4.98 Å². The van der Waals surface area contributed by atoms with E-state index in [1.165, 1.54) is 24.4 Å². The van der Waals surface area contributed by atoms with Crippen LogP contribution in [0.25, 0.3) is 17.3 Å². The minimum Gasteiger partial charge on any atom is -0.406 e. The van der Waals surface area contributed by atoms with Crippen molar-refractivity contribution in [1.82, 2.24) is 19.5 Å². The molecular formula is C20H17F3N6O2. The molecule has 3 aromatic rings. The van der Waals surface area contributed by atoms with Crippen molar-refractivity contribution in [3.63, 3.8) is 0 Å². The van der Waals surface area contributed by atoms with E-state index in [0.29, 0.717) is 28.8 Å². The second-order valence-corrected chi connectivity index (χ2v) is 7.32. The number of fused-ring (bicyclic) bond motifs is 3. The van der Waals surface area contributed by atoms with Crippen LogP contribution in [-0.2, 0) is 4.79 Å². The summed E-state index contributed by atoms with van der Waals surface area (Å²) in [5, 5.41) is 0. The molecule has 0 spiro atoms. The average Bonchev–Trinajstić information content (AvgIpc) is 3.40. The highest BCUT2D eigenvalue weighted by molar-refractivity contribution is 6.04. The molecule has 8 nitrogen and oxygen atoms in total. The molecule has 160 valence electrons. The van der Waals surface area contributed by atoms with Gasteiger partial charge >= 0.3 is 6.36 Å². The largest absolute Gasteiger partial charge is 0.573 e. The van der Waals surface area contributed by atoms with Gasteiger partial charge < -0.3 is 14.5 Å². The van der Waals surface area contributed by atoms with Crippen LogP contribution in [0.15, 0.2) is 42.9 Å². The SMILES string of the molecule is CN1C(=O)C2CCCN2c2nc(-n3ccnc3-c3cccc(OC(F)(F)F)c3)ncc21. The molecule has 11 heteroatoms. The van der Waals surface area contributed by atoms with Crippen LogP contribution in [-0.4, -0.2) is 51.4 Å². The number of imidazole rings is 1. The lowest BCUT2D eigenvalue weighted by molar-refractivity contribution is -0.274. The van der Waals surface area contributed by atoms with Crippen molar-refractivity contribution in [3.05, 3.63) is 42.9 Å². The van der Waals surface area contributed by atoms with Crippen LogP contribution in [0.5, 0.6) is 5.75 Å². The van der Waals surface area contributed by atoms with Crippen LogP contribution in [0.1, 0.15) is 12.8 Å². The molecule has 2 aliphatic rings. The molecule has 1 aromatic carbocycles. The van der Waals surface area contributed by atoms with Gasteiger partial charge in [0.25, 0.3) is 0 Å². The molecule has 5 rings (SSSR count). The maximum absolute atomic E-state index is 12.6. The number of carbonyl (C=O) groups is 1. The van der Waals surface area contributed by atoms with Gasteiger partial charge in [-0.15, -0.1) is 13.2 Å². The number of aromatic nitrogens is 4. The highest BCUT2D eigenvalue weighted by Gasteiger charge is 2.40. The second kappa shape index (κ2) is 6.96. The van der Waals surface area contributed by atoms with Crippen molar-refractivity contribution >= 4 is 17.4 Å². The normalized spacial score (nSPS) is 18.2. The summed E-state index contributed by atoms with van der Waals surface area (Å²) in [6.45, 7) is 0.724. The van der Waals surface area contributed by atoms with Crippen LogP contribution >= 0.6 is 0 Å². The standard InChI is InChI=1S/C20H17F3N6O2/c1-27-15-11-25-19(26-17(15)28-8-3-6-14(28)18(27)30)29-9-7-24-16(29)12-4-2-5-13(10-12)31-20(21,22)23/h2,4-5,7,9-11,14H,3,6,8H2,1H3. The van der Waals surface area contributed by atoms with Gasteiger partial charge in [0.05, 0.1) is 6.20 Å². The summed E-state index contributed by atoms with van der Waals surface area (Å²) in [5.41, 5.74) is 1.04. The number of halogens is 3. The zero-order valence-electron chi connectivity index (χ0n) is 16.4. The Hall–Kier alpha value is -3.63. The second-order valence-electron chi connectivity index (χ2n) is 7.32. The predicted molar refractivity (Wildman–Crippen MR) is 105 cm³/mol. The zero-order valence-corrected chi connectivity index (χ0v) is 16.4. The maximum atomic E-state index is 12.6. The van der Waals surface area contributed by atoms with Crippen LogP contribution in [0.3, 0.4) is 0 Å². The van der Waals surface area contributed by atoms with Gasteiger partial charge in [0.15, 0.2) is 5.82 Å². The third kappa shape index (κ3) is 3.35. The van der Waals surface area contributed by atoms with Crippen LogP contribution in [0.4, 0.5) is 24.7 Å². The third-order valence-electron chi connectivity index (χ3n) is 5.42. The van der Waals surface area contributed by atoms with Gasteiger partial charge in [-0.05, 0) is 25.0 Å². The number of carbonyl (C=O) groups excluding carboxylic acids is 1. The van der Waals surface area contributed by atoms with E-state index in [1.54, 1.807) is 35.0 Å². The first kappa shape index (κ1) is 19.3. The minimum absolute atomic E-state index is 0.0196. The molecule has 1 amide bonds. The van der Waals surface area contributed by atoms with E-state index >= 15 is 0 Å². The highest BCUT2D eigenvalue weighted by atomic mass is 19.4. The fourth-order valence-electron chi connectivity index (χ4n) is 4.05. The summed E-state index contributed by atoms with van der Waals surface area (Å²) in [7, 11) is 1.70. The van der Waals surface area contributed by atoms with Crippen LogP contribution in [0, 0.1) is 0 Å². The van der Waals surface area contributed by atoms with Gasteiger partial charge in [0.2, 0.25) is 11.9 Å². The Bertz CT molecular complexity index is 1160. The van der Waals surface area contributed by atoms with Gasteiger partial charge in [-0.25, -0.2) is 9.97 Å². The lowest BCUT2D eigenvalue weighted by atomic mass is 10.1. The number of benzene rings is 1. The van der Waals surface area contributed by atoms with E-state index in [1.807, 2.05) is 4.90 Å². The van der Waals surface area contributed by atoms with E-state index in [4.69, 9.17) is 0 Å². The van der Waals surface area contributed by atoms with Crippen molar-refractivity contribution in [1.29, 1.82) is 0 Å². The predicted octanol–water partition coefficient (Wildman–Crippen LogP) is 3.17. The number of alkyl halides is 3. The first-order valence-corrected chi connectivity index (χ1v) is 9.63. The van der Waals surface area contributed by atoms with E-state index in [-0.39, 0.29) is 17.7 Å². The van der Waals surface area contributed by atoms with E-state index in [9.17, 15) is 18.0 Å². The first-order chi connectivity index (χ1) is 14.8. The Morgan fingerprint density at radius 3 is 2.87 bits per heavy atom. The van der Waals surface area contributed by atoms with E-state index < -0.39 is 6.36 Å². The number of likely N-dealkylation sites (N-methyl/N-ethyl adjacent to an activating group) is 1. The summed E-state index contributed by atoms with van der Waals surface area (Å²) in [4.78, 5) is 29.5. The van der Waals surface area contributed by atoms with E-state index in [2.05, 4.69) is 19.7 Å². The molecule has 1 atom stereocenters. The molecule has 0 bridgehead atoms. The number of hydrogen-bond donors (Lipinski definition) is 0. The molecule has 1 unspecified atom stereocenters. The summed E-state index contributed by atoms with van der Waals surface area (Å²) in [5.74, 6) is 1.01. The lowest BCUT2D eigenvalue weighted by Crippen LogP contribution is -2.49. The summed E-state index contributed by atoms with van der Waals surface area (Å²) in [6, 6.07) is 5.33. The zero-order chi connectivity index (χ0) is 21.8. The average molecular weight is 430 g/mol. The monoisotopic (exact) mass is 430 g/mol. The fourth-order valence-corrected chi connectivity index (χ4v) is 4.05. The number of rotatable bonds is 3. The Kier molecular flexibility index (Phi) is 4.34. The molecule has 0 aliphatic carbocycles. The van der Waals surface area contributed by atoms with Crippen molar-refractivity contribution in [2.75, 3.05) is 23.4 Å². The molecule has 4 heterocycles. The van der Waals surface area contributed by atoms with Gasteiger partial charge in [-0.1, -0.05) is 12.1 Å². The number of amides is 1. The number of nitrogens with zero attached hydrogens (tertiary/aromatic N) is 6. The number of hydrogen-bond acceptors (Lipinski definition) is 6. The smallest absolute Gasteiger partial charge is 0.406 e. The van der Waals surface area contributed by atoms with Gasteiger partial charge in [0.1, 0.15) is 23.3 Å². The fraction of sp³-hybridized carbons (Fsp3) is 0.300. The van der Waals surface area contributed by atoms with Gasteiger partial charge in [-0.3, -0.25) is 9.36 Å². The Morgan fingerprint density at radius 2 is 2.06 bits per heavy atom. The number of ether oxygens (including phenoxy) is 1. The topological polar surface area (TPSA) is 76.4 Å². The lowest BCUT2D eigenvalue weighted by Gasteiger charge is -2.36. The van der Waals surface area contributed by atoms with Crippen molar-refractivity contribution in [2.45, 2.75) is 25.2 Å². The van der Waals surface area contributed by atoms with E-state index in [0.717, 1.165) is 19.4 Å². The molecule has 0 N–H and O–H groups in total. The quantitative estimate of drug-likeness (QED) is 0.635. The van der Waals surface area contributed by atoms with Crippen LogP contribution in [0.2, 0.25) is 0 Å². The molecule has 1 saturated heterocycles. The summed E-state index contributed by atoms with van der Waals surface area (Å²) >= 11 is 0. The Morgan fingerprint density at radius 1 is 1.23 bits per heavy atom. The Balaban J connectivity index is 1.55. The molecule has 31 heavy (non-hydrogen) atoms. The molecule has 1 fully saturated rings. The van der Waals surface area contributed by atoms with Crippen molar-refractivity contribution in [2.24, 2.45) is 0 Å². The van der Waals surface area contributed by atoms with Crippen LogP contribution < -0.4 is 14.5 Å². The summed E-state index contributed by atoms with van der Waals surface area (Å²) < 4.78 is 43.4.